The van der Waals surface area contributed by atoms with Crippen molar-refractivity contribution in [2.24, 2.45) is 0 Å². The summed E-state index contributed by atoms with van der Waals surface area (Å²) in [5.74, 6) is 0. The van der Waals surface area contributed by atoms with Crippen molar-refractivity contribution in [3.8, 4) is 0 Å². The number of carbonyl (C=O) groups is 1. The highest BCUT2D eigenvalue weighted by Crippen LogP contribution is 2.31. The molecule has 0 aliphatic carbocycles. The van der Waals surface area contributed by atoms with Gasteiger partial charge in [0.05, 0.1) is 6.61 Å². The molecule has 0 aliphatic rings. The quantitative estimate of drug-likeness (QED) is 0.727. The molecule has 1 unspecified atom stereocenters. The lowest BCUT2D eigenvalue weighted by atomic mass is 10.3. The van der Waals surface area contributed by atoms with Gasteiger partial charge < -0.3 is 20.3 Å². The first-order valence-corrected chi connectivity index (χ1v) is 6.03. The molecule has 0 bridgehead atoms. The molecule has 1 rings (SSSR count). The number of hydrogen-bond acceptors (Lipinski definition) is 4. The normalized spacial score (nSPS) is 13.0. The van der Waals surface area contributed by atoms with E-state index < -0.39 is 13.3 Å². The van der Waals surface area contributed by atoms with Crippen molar-refractivity contribution >= 4 is 19.0 Å². The predicted octanol–water partition coefficient (Wildman–Crippen LogP) is 0.249. The first-order chi connectivity index (χ1) is 7.38. The summed E-state index contributed by atoms with van der Waals surface area (Å²) >= 11 is 0. The summed E-state index contributed by atoms with van der Waals surface area (Å²) in [6.45, 7) is 1.37. The third-order valence-corrected chi connectivity index (χ3v) is 1.93. The third kappa shape index (κ3) is 7.14. The van der Waals surface area contributed by atoms with Gasteiger partial charge in [-0.2, -0.15) is 0 Å². The van der Waals surface area contributed by atoms with Crippen LogP contribution >= 0.6 is 7.60 Å². The van der Waals surface area contributed by atoms with Crippen LogP contribution < -0.4 is 10.6 Å². The summed E-state index contributed by atoms with van der Waals surface area (Å²) in [5, 5.41) is 0. The second kappa shape index (κ2) is 7.14. The standard InChI is InChI=1S/C6H7N.C3H7O5P/c7-6-4-2-1-3-5-6;1-2-8-3(4)9(5,6)7/h1-5H,7H2;2H2,1H3,(H2,5,6,7). The fraction of sp³-hybridized carbons (Fsp3) is 0.222. The van der Waals surface area contributed by atoms with Gasteiger partial charge in [-0.3, -0.25) is 4.57 Å². The van der Waals surface area contributed by atoms with Crippen LogP contribution in [-0.2, 0) is 9.30 Å². The Labute approximate surface area is 93.2 Å². The number of ether oxygens (including phenoxy) is 1. The van der Waals surface area contributed by atoms with E-state index in [1.54, 1.807) is 0 Å². The molecule has 16 heavy (non-hydrogen) atoms. The number of rotatable bonds is 2. The molecule has 0 aromatic heterocycles. The molecule has 0 amide bonds. The van der Waals surface area contributed by atoms with Crippen LogP contribution in [0.1, 0.15) is 6.92 Å². The van der Waals surface area contributed by atoms with E-state index in [2.05, 4.69) is 10.5 Å². The largest absolute Gasteiger partial charge is 0.770 e. The van der Waals surface area contributed by atoms with Gasteiger partial charge in [-0.1, -0.05) is 18.2 Å². The van der Waals surface area contributed by atoms with Crippen LogP contribution in [0.4, 0.5) is 10.5 Å². The Morgan fingerprint density at radius 2 is 2.00 bits per heavy atom. The molecule has 90 valence electrons. The summed E-state index contributed by atoms with van der Waals surface area (Å²) in [6.07, 6.45) is 0. The average Bonchev–Trinajstić information content (AvgIpc) is 2.19. The van der Waals surface area contributed by atoms with Gasteiger partial charge in [0.15, 0.2) is 0 Å². The van der Waals surface area contributed by atoms with Gasteiger partial charge in [0.25, 0.3) is 0 Å². The first kappa shape index (κ1) is 14.8. The van der Waals surface area contributed by atoms with Crippen molar-refractivity contribution in [2.45, 2.75) is 6.92 Å². The molecule has 0 saturated heterocycles. The molecule has 1 aromatic carbocycles. The molecule has 7 heteroatoms. The number of quaternary nitrogens is 1. The molecular weight excluding hydrogens is 233 g/mol. The monoisotopic (exact) mass is 247 g/mol. The van der Waals surface area contributed by atoms with Crippen LogP contribution in [0.15, 0.2) is 30.3 Å². The van der Waals surface area contributed by atoms with E-state index >= 15 is 0 Å². The zero-order valence-electron chi connectivity index (χ0n) is 8.83. The summed E-state index contributed by atoms with van der Waals surface area (Å²) in [4.78, 5) is 27.8. The van der Waals surface area contributed by atoms with Gasteiger partial charge in [0.2, 0.25) is 7.60 Å². The number of hydrogen-bond donors (Lipinski definition) is 2. The highest BCUT2D eigenvalue weighted by molar-refractivity contribution is 7.68. The lowest BCUT2D eigenvalue weighted by molar-refractivity contribution is -0.254. The van der Waals surface area contributed by atoms with Crippen molar-refractivity contribution in [2.75, 3.05) is 6.61 Å². The molecule has 1 aromatic rings. The summed E-state index contributed by atoms with van der Waals surface area (Å²) in [6, 6.07) is 9.87. The van der Waals surface area contributed by atoms with Gasteiger partial charge in [-0.05, 0) is 19.1 Å². The van der Waals surface area contributed by atoms with E-state index in [1.807, 2.05) is 30.3 Å². The van der Waals surface area contributed by atoms with Crippen molar-refractivity contribution in [1.29, 1.82) is 0 Å². The van der Waals surface area contributed by atoms with E-state index in [-0.39, 0.29) is 6.61 Å². The van der Waals surface area contributed by atoms with E-state index in [9.17, 15) is 14.3 Å². The van der Waals surface area contributed by atoms with Crippen LogP contribution in [0.5, 0.6) is 0 Å². The first-order valence-electron chi connectivity index (χ1n) is 4.46. The molecule has 0 heterocycles. The van der Waals surface area contributed by atoms with Crippen LogP contribution in [0.2, 0.25) is 0 Å². The Kier molecular flexibility index (Phi) is 6.60. The van der Waals surface area contributed by atoms with Crippen LogP contribution in [-0.4, -0.2) is 17.2 Å². The zero-order valence-corrected chi connectivity index (χ0v) is 9.72. The Morgan fingerprint density at radius 1 is 1.50 bits per heavy atom. The summed E-state index contributed by atoms with van der Waals surface area (Å²) in [5.41, 5.74) is 3.21. The van der Waals surface area contributed by atoms with Crippen LogP contribution in [0.3, 0.4) is 0 Å². The lowest BCUT2D eigenvalue weighted by Gasteiger charge is -2.11. The maximum Gasteiger partial charge on any atom is 0.376 e. The fourth-order valence-electron chi connectivity index (χ4n) is 0.683. The lowest BCUT2D eigenvalue weighted by Crippen LogP contribution is -2.39. The summed E-state index contributed by atoms with van der Waals surface area (Å²) in [7, 11) is -4.88. The van der Waals surface area contributed by atoms with Crippen molar-refractivity contribution in [3.05, 3.63) is 30.3 Å². The molecule has 0 aliphatic heterocycles. The van der Waals surface area contributed by atoms with Gasteiger partial charge in [0.1, 0.15) is 5.69 Å². The van der Waals surface area contributed by atoms with Crippen LogP contribution in [0.25, 0.3) is 0 Å². The average molecular weight is 247 g/mol. The third-order valence-electron chi connectivity index (χ3n) is 1.34. The minimum atomic E-state index is -4.88. The maximum absolute atomic E-state index is 10.0. The number of carbonyl (C=O) groups excluding carboxylic acids is 1. The molecule has 0 fully saturated rings. The Bertz CT molecular complexity index is 361. The van der Waals surface area contributed by atoms with E-state index in [0.29, 0.717) is 0 Å². The smallest absolute Gasteiger partial charge is 0.376 e. The second-order valence-electron chi connectivity index (χ2n) is 2.70. The maximum atomic E-state index is 10.0. The molecular formula is C9H14NO5P. The van der Waals surface area contributed by atoms with Crippen molar-refractivity contribution in [3.63, 3.8) is 0 Å². The minimum absolute atomic E-state index is 0.0639. The molecule has 0 radical (unpaired) electrons. The highest BCUT2D eigenvalue weighted by Gasteiger charge is 2.15. The highest BCUT2D eigenvalue weighted by atomic mass is 31.2. The van der Waals surface area contributed by atoms with E-state index in [0.717, 1.165) is 5.69 Å². The van der Waals surface area contributed by atoms with E-state index in [1.165, 1.54) is 6.92 Å². The second-order valence-corrected chi connectivity index (χ2v) is 4.11. The Hall–Kier alpha value is -1.20. The Balaban J connectivity index is 0.000000288. The van der Waals surface area contributed by atoms with Crippen molar-refractivity contribution < 1.29 is 29.6 Å². The Morgan fingerprint density at radius 3 is 2.19 bits per heavy atom. The fourth-order valence-corrected chi connectivity index (χ4v) is 0.975. The molecule has 4 N–H and O–H groups in total. The zero-order chi connectivity index (χ0) is 12.6. The molecule has 1 atom stereocenters. The molecule has 0 spiro atoms. The van der Waals surface area contributed by atoms with Gasteiger partial charge >= 0.3 is 5.71 Å². The van der Waals surface area contributed by atoms with Crippen molar-refractivity contribution in [1.82, 2.24) is 0 Å². The van der Waals surface area contributed by atoms with Gasteiger partial charge in [-0.15, -0.1) is 0 Å². The molecule has 0 saturated carbocycles. The van der Waals surface area contributed by atoms with Gasteiger partial charge in [-0.25, -0.2) is 4.79 Å². The topological polar surface area (TPSA) is 114 Å². The van der Waals surface area contributed by atoms with Gasteiger partial charge in [0, 0.05) is 0 Å². The van der Waals surface area contributed by atoms with Crippen LogP contribution in [0, 0.1) is 0 Å². The van der Waals surface area contributed by atoms with E-state index in [4.69, 9.17) is 4.89 Å². The minimum Gasteiger partial charge on any atom is -0.770 e. The number of benzene rings is 1. The molecule has 6 nitrogen and oxygen atoms in total. The summed E-state index contributed by atoms with van der Waals surface area (Å²) < 4.78 is 13.8. The SMILES string of the molecule is CCOC(=O)P(=O)([O-])O.[NH3+]c1ccccc1. The predicted molar refractivity (Wildman–Crippen MR) is 55.8 cm³/mol.